The average molecular weight is 241 g/mol. The third-order valence-corrected chi connectivity index (χ3v) is 3.40. The fourth-order valence-corrected chi connectivity index (χ4v) is 2.42. The van der Waals surface area contributed by atoms with E-state index < -0.39 is 0 Å². The molecule has 1 atom stereocenters. The van der Waals surface area contributed by atoms with Crippen LogP contribution in [0.2, 0.25) is 0 Å². The molecule has 1 aromatic rings. The van der Waals surface area contributed by atoms with Crippen LogP contribution in [-0.2, 0) is 0 Å². The topological polar surface area (TPSA) is 16.1 Å². The van der Waals surface area contributed by atoms with Crippen molar-refractivity contribution in [3.05, 3.63) is 28.5 Å². The molecule has 3 heteroatoms. The molecule has 0 N–H and O–H groups in total. The molecule has 1 aliphatic rings. The number of hydrogen-bond donors (Lipinski definition) is 0. The van der Waals surface area contributed by atoms with Crippen molar-refractivity contribution in [1.29, 1.82) is 0 Å². The Morgan fingerprint density at radius 2 is 2.46 bits per heavy atom. The predicted molar refractivity (Wildman–Crippen MR) is 56.5 cm³/mol. The van der Waals surface area contributed by atoms with E-state index in [0.717, 1.165) is 0 Å². The second-order valence-electron chi connectivity index (χ2n) is 3.54. The van der Waals surface area contributed by atoms with Gasteiger partial charge in [-0.25, -0.2) is 0 Å². The Kier molecular flexibility index (Phi) is 2.65. The molecule has 13 heavy (non-hydrogen) atoms. The van der Waals surface area contributed by atoms with Crippen molar-refractivity contribution < 1.29 is 0 Å². The molecule has 1 aliphatic heterocycles. The quantitative estimate of drug-likeness (QED) is 0.751. The van der Waals surface area contributed by atoms with E-state index in [1.807, 2.05) is 18.5 Å². The van der Waals surface area contributed by atoms with Crippen LogP contribution in [-0.4, -0.2) is 23.5 Å². The lowest BCUT2D eigenvalue weighted by Gasteiger charge is -2.20. The van der Waals surface area contributed by atoms with E-state index in [4.69, 9.17) is 0 Å². The van der Waals surface area contributed by atoms with Gasteiger partial charge in [0.2, 0.25) is 0 Å². The summed E-state index contributed by atoms with van der Waals surface area (Å²) in [5.41, 5.74) is 1.32. The Labute approximate surface area is 87.1 Å². The third kappa shape index (κ3) is 1.76. The zero-order chi connectivity index (χ0) is 9.26. The van der Waals surface area contributed by atoms with E-state index in [9.17, 15) is 0 Å². The van der Waals surface area contributed by atoms with E-state index in [1.165, 1.54) is 29.4 Å². The summed E-state index contributed by atoms with van der Waals surface area (Å²) in [7, 11) is 2.18. The van der Waals surface area contributed by atoms with E-state index in [0.29, 0.717) is 6.04 Å². The highest BCUT2D eigenvalue weighted by atomic mass is 79.9. The fraction of sp³-hybridized carbons (Fsp3) is 0.500. The zero-order valence-electron chi connectivity index (χ0n) is 7.70. The average Bonchev–Trinajstić information content (AvgIpc) is 2.52. The number of pyridine rings is 1. The van der Waals surface area contributed by atoms with Gasteiger partial charge in [-0.2, -0.15) is 0 Å². The Bertz CT molecular complexity index is 301. The first-order chi connectivity index (χ1) is 6.29. The molecule has 70 valence electrons. The van der Waals surface area contributed by atoms with Gasteiger partial charge in [-0.1, -0.05) is 15.9 Å². The molecule has 0 amide bonds. The Hall–Kier alpha value is -0.410. The van der Waals surface area contributed by atoms with E-state index >= 15 is 0 Å². The number of rotatable bonds is 1. The highest BCUT2D eigenvalue weighted by Gasteiger charge is 2.23. The van der Waals surface area contributed by atoms with Crippen LogP contribution in [0, 0.1) is 0 Å². The molecule has 0 radical (unpaired) electrons. The molecular formula is C10H13BrN2. The summed E-state index contributed by atoms with van der Waals surface area (Å²) >= 11 is 3.57. The Morgan fingerprint density at radius 3 is 3.08 bits per heavy atom. The summed E-state index contributed by atoms with van der Waals surface area (Å²) in [5, 5.41) is 0. The van der Waals surface area contributed by atoms with Crippen molar-refractivity contribution in [2.45, 2.75) is 18.9 Å². The summed E-state index contributed by atoms with van der Waals surface area (Å²) in [4.78, 5) is 6.56. The van der Waals surface area contributed by atoms with Gasteiger partial charge in [0.05, 0.1) is 0 Å². The van der Waals surface area contributed by atoms with Crippen LogP contribution in [0.25, 0.3) is 0 Å². The van der Waals surface area contributed by atoms with Crippen molar-refractivity contribution in [1.82, 2.24) is 9.88 Å². The first-order valence-electron chi connectivity index (χ1n) is 4.58. The molecule has 0 spiro atoms. The van der Waals surface area contributed by atoms with Crippen molar-refractivity contribution in [2.24, 2.45) is 0 Å². The minimum absolute atomic E-state index is 0.558. The van der Waals surface area contributed by atoms with E-state index in [-0.39, 0.29) is 0 Å². The van der Waals surface area contributed by atoms with Gasteiger partial charge >= 0.3 is 0 Å². The highest BCUT2D eigenvalue weighted by molar-refractivity contribution is 9.10. The molecule has 1 unspecified atom stereocenters. The van der Waals surface area contributed by atoms with Crippen LogP contribution in [0.1, 0.15) is 24.4 Å². The molecule has 1 saturated heterocycles. The number of likely N-dealkylation sites (tertiary alicyclic amines) is 1. The van der Waals surface area contributed by atoms with Gasteiger partial charge in [-0.3, -0.25) is 9.88 Å². The van der Waals surface area contributed by atoms with E-state index in [2.05, 4.69) is 32.9 Å². The highest BCUT2D eigenvalue weighted by Crippen LogP contribution is 2.33. The first-order valence-corrected chi connectivity index (χ1v) is 5.38. The van der Waals surface area contributed by atoms with Crippen LogP contribution < -0.4 is 0 Å². The molecule has 0 aromatic carbocycles. The molecule has 1 fully saturated rings. The minimum Gasteiger partial charge on any atom is -0.299 e. The molecule has 0 bridgehead atoms. The maximum absolute atomic E-state index is 4.17. The fourth-order valence-electron chi connectivity index (χ4n) is 1.94. The lowest BCUT2D eigenvalue weighted by atomic mass is 10.1. The van der Waals surface area contributed by atoms with E-state index in [1.54, 1.807) is 0 Å². The number of hydrogen-bond acceptors (Lipinski definition) is 2. The van der Waals surface area contributed by atoms with Gasteiger partial charge in [-0.15, -0.1) is 0 Å². The summed E-state index contributed by atoms with van der Waals surface area (Å²) in [6.07, 6.45) is 6.34. The van der Waals surface area contributed by atoms with Gasteiger partial charge in [0, 0.05) is 28.5 Å². The van der Waals surface area contributed by atoms with Crippen LogP contribution in [0.15, 0.2) is 22.9 Å². The molecule has 1 aromatic heterocycles. The normalized spacial score (nSPS) is 23.7. The van der Waals surface area contributed by atoms with Crippen molar-refractivity contribution in [2.75, 3.05) is 13.6 Å². The molecule has 2 rings (SSSR count). The van der Waals surface area contributed by atoms with Crippen molar-refractivity contribution in [3.8, 4) is 0 Å². The monoisotopic (exact) mass is 240 g/mol. The summed E-state index contributed by atoms with van der Waals surface area (Å²) in [5.74, 6) is 0. The summed E-state index contributed by atoms with van der Waals surface area (Å²) in [6, 6.07) is 2.57. The second kappa shape index (κ2) is 3.76. The van der Waals surface area contributed by atoms with Crippen molar-refractivity contribution in [3.63, 3.8) is 0 Å². The molecule has 2 heterocycles. The van der Waals surface area contributed by atoms with Crippen LogP contribution in [0.4, 0.5) is 0 Å². The van der Waals surface area contributed by atoms with Gasteiger partial charge < -0.3 is 0 Å². The lowest BCUT2D eigenvalue weighted by molar-refractivity contribution is 0.316. The van der Waals surface area contributed by atoms with Crippen LogP contribution >= 0.6 is 15.9 Å². The van der Waals surface area contributed by atoms with Gasteiger partial charge in [-0.05, 0) is 32.5 Å². The van der Waals surface area contributed by atoms with Gasteiger partial charge in [0.25, 0.3) is 0 Å². The predicted octanol–water partition coefficient (Wildman–Crippen LogP) is 2.61. The SMILES string of the molecule is CN1CCCC1c1cnccc1Br. The molecule has 0 saturated carbocycles. The number of nitrogens with zero attached hydrogens (tertiary/aromatic N) is 2. The largest absolute Gasteiger partial charge is 0.299 e. The standard InChI is InChI=1S/C10H13BrN2/c1-13-6-2-3-10(13)8-7-12-5-4-9(8)11/h4-5,7,10H,2-3,6H2,1H3. The number of aromatic nitrogens is 1. The molecule has 0 aliphatic carbocycles. The Balaban J connectivity index is 2.29. The summed E-state index contributed by atoms with van der Waals surface area (Å²) < 4.78 is 1.18. The third-order valence-electron chi connectivity index (χ3n) is 2.68. The minimum atomic E-state index is 0.558. The molecular weight excluding hydrogens is 228 g/mol. The van der Waals surface area contributed by atoms with Crippen LogP contribution in [0.5, 0.6) is 0 Å². The van der Waals surface area contributed by atoms with Crippen LogP contribution in [0.3, 0.4) is 0 Å². The lowest BCUT2D eigenvalue weighted by Crippen LogP contribution is -2.17. The zero-order valence-corrected chi connectivity index (χ0v) is 9.29. The van der Waals surface area contributed by atoms with Gasteiger partial charge in [0.1, 0.15) is 0 Å². The summed E-state index contributed by atoms with van der Waals surface area (Å²) in [6.45, 7) is 1.20. The maximum Gasteiger partial charge on any atom is 0.0372 e. The number of halogens is 1. The molecule has 2 nitrogen and oxygen atoms in total. The smallest absolute Gasteiger partial charge is 0.0372 e. The van der Waals surface area contributed by atoms with Crippen molar-refractivity contribution >= 4 is 15.9 Å². The second-order valence-corrected chi connectivity index (χ2v) is 4.39. The Morgan fingerprint density at radius 1 is 1.62 bits per heavy atom. The maximum atomic E-state index is 4.17. The first kappa shape index (κ1) is 9.16. The van der Waals surface area contributed by atoms with Gasteiger partial charge in [0.15, 0.2) is 0 Å².